The molecule has 0 atom stereocenters. The van der Waals surface area contributed by atoms with Gasteiger partial charge in [0.05, 0.1) is 13.2 Å². The molecule has 0 saturated heterocycles. The van der Waals surface area contributed by atoms with Gasteiger partial charge in [-0.3, -0.25) is 4.79 Å². The van der Waals surface area contributed by atoms with E-state index >= 15 is 0 Å². The molecule has 6 nitrogen and oxygen atoms in total. The number of nitrogens with zero attached hydrogens (tertiary/aromatic N) is 1. The Balaban J connectivity index is 1.64. The monoisotopic (exact) mass is 351 g/mol. The van der Waals surface area contributed by atoms with Crippen molar-refractivity contribution in [3.8, 4) is 5.75 Å². The number of carbonyl (C=O) groups excluding carboxylic acids is 1. The van der Waals surface area contributed by atoms with Crippen LogP contribution in [0.5, 0.6) is 5.75 Å². The van der Waals surface area contributed by atoms with E-state index < -0.39 is 0 Å². The van der Waals surface area contributed by atoms with E-state index in [1.807, 2.05) is 61.5 Å². The number of fused-ring (bicyclic) bond motifs is 1. The van der Waals surface area contributed by atoms with Gasteiger partial charge in [0.1, 0.15) is 5.71 Å². The third kappa shape index (κ3) is 4.22. The number of para-hydroxylation sites is 2. The minimum Gasteiger partial charge on any atom is -0.490 e. The van der Waals surface area contributed by atoms with Gasteiger partial charge in [-0.25, -0.2) is 5.43 Å². The first-order valence-electron chi connectivity index (χ1n) is 8.45. The highest BCUT2D eigenvalue weighted by molar-refractivity contribution is 6.01. The van der Waals surface area contributed by atoms with Gasteiger partial charge in [-0.05, 0) is 38.1 Å². The van der Waals surface area contributed by atoms with Gasteiger partial charge in [-0.2, -0.15) is 5.10 Å². The Labute approximate surface area is 151 Å². The molecule has 0 aliphatic heterocycles. The number of benzene rings is 2. The number of carbonyl (C=O) groups is 1. The number of hydrogen-bond donors (Lipinski definition) is 2. The normalized spacial score (nSPS) is 11.4. The zero-order chi connectivity index (χ0) is 18.4. The van der Waals surface area contributed by atoms with E-state index in [1.54, 1.807) is 6.92 Å². The zero-order valence-electron chi connectivity index (χ0n) is 14.8. The van der Waals surface area contributed by atoms with E-state index in [2.05, 4.69) is 15.8 Å². The topological polar surface area (TPSA) is 75.9 Å². The first kappa shape index (κ1) is 17.5. The summed E-state index contributed by atoms with van der Waals surface area (Å²) < 4.78 is 11.4. The fourth-order valence-corrected chi connectivity index (χ4v) is 2.46. The van der Waals surface area contributed by atoms with Crippen molar-refractivity contribution in [3.63, 3.8) is 0 Å². The van der Waals surface area contributed by atoms with Gasteiger partial charge in [0.25, 0.3) is 5.91 Å². The van der Waals surface area contributed by atoms with Crippen LogP contribution >= 0.6 is 0 Å². The second-order valence-electron chi connectivity index (χ2n) is 5.67. The standard InChI is InChI=1S/C20H21N3O3/c1-3-25-17-11-7-8-15-12-18(26-20(15)17)14(2)22-23-19(24)13-21-16-9-5-4-6-10-16/h4-12,21H,3,13H2,1-2H3,(H,23,24)/b22-14-. The predicted octanol–water partition coefficient (Wildman–Crippen LogP) is 3.78. The van der Waals surface area contributed by atoms with Crippen molar-refractivity contribution in [3.05, 3.63) is 60.4 Å². The average molecular weight is 351 g/mol. The van der Waals surface area contributed by atoms with Crippen LogP contribution in [-0.2, 0) is 4.79 Å². The summed E-state index contributed by atoms with van der Waals surface area (Å²) in [5, 5.41) is 8.08. The van der Waals surface area contributed by atoms with Gasteiger partial charge in [-0.1, -0.05) is 30.3 Å². The van der Waals surface area contributed by atoms with Gasteiger partial charge in [0, 0.05) is 11.1 Å². The number of hydrogen-bond acceptors (Lipinski definition) is 5. The highest BCUT2D eigenvalue weighted by atomic mass is 16.5. The minimum atomic E-state index is -0.237. The molecule has 3 rings (SSSR count). The van der Waals surface area contributed by atoms with Crippen molar-refractivity contribution in [1.82, 2.24) is 5.43 Å². The summed E-state index contributed by atoms with van der Waals surface area (Å²) in [4.78, 5) is 11.9. The number of nitrogens with one attached hydrogen (secondary N) is 2. The van der Waals surface area contributed by atoms with Crippen molar-refractivity contribution < 1.29 is 13.9 Å². The van der Waals surface area contributed by atoms with Gasteiger partial charge in [0.15, 0.2) is 17.1 Å². The summed E-state index contributed by atoms with van der Waals surface area (Å²) in [6, 6.07) is 17.1. The summed E-state index contributed by atoms with van der Waals surface area (Å²) >= 11 is 0. The summed E-state index contributed by atoms with van der Waals surface area (Å²) in [5.41, 5.74) is 4.67. The molecule has 0 aliphatic rings. The van der Waals surface area contributed by atoms with Crippen LogP contribution in [0.15, 0.2) is 64.1 Å². The maximum Gasteiger partial charge on any atom is 0.259 e. The molecule has 2 N–H and O–H groups in total. The van der Waals surface area contributed by atoms with E-state index in [1.165, 1.54) is 0 Å². The fourth-order valence-electron chi connectivity index (χ4n) is 2.46. The van der Waals surface area contributed by atoms with Gasteiger partial charge in [0.2, 0.25) is 0 Å². The van der Waals surface area contributed by atoms with Crippen LogP contribution < -0.4 is 15.5 Å². The van der Waals surface area contributed by atoms with Crippen LogP contribution in [0.4, 0.5) is 5.69 Å². The molecular formula is C20H21N3O3. The van der Waals surface area contributed by atoms with E-state index in [0.717, 1.165) is 11.1 Å². The van der Waals surface area contributed by atoms with E-state index in [-0.39, 0.29) is 12.5 Å². The Hall–Kier alpha value is -3.28. The molecule has 1 aromatic heterocycles. The Morgan fingerprint density at radius 2 is 1.96 bits per heavy atom. The summed E-state index contributed by atoms with van der Waals surface area (Å²) in [6.45, 7) is 4.40. The van der Waals surface area contributed by atoms with Crippen molar-refractivity contribution >= 4 is 28.3 Å². The molecule has 0 radical (unpaired) electrons. The van der Waals surface area contributed by atoms with E-state index in [0.29, 0.717) is 29.4 Å². The summed E-state index contributed by atoms with van der Waals surface area (Å²) in [7, 11) is 0. The molecule has 1 heterocycles. The highest BCUT2D eigenvalue weighted by Gasteiger charge is 2.11. The molecular weight excluding hydrogens is 330 g/mol. The van der Waals surface area contributed by atoms with E-state index in [4.69, 9.17) is 9.15 Å². The van der Waals surface area contributed by atoms with Crippen LogP contribution in [0.25, 0.3) is 11.0 Å². The maximum absolute atomic E-state index is 11.9. The van der Waals surface area contributed by atoms with Gasteiger partial charge < -0.3 is 14.5 Å². The number of anilines is 1. The molecule has 0 saturated carbocycles. The first-order chi connectivity index (χ1) is 12.7. The average Bonchev–Trinajstić information content (AvgIpc) is 3.11. The molecule has 0 spiro atoms. The van der Waals surface area contributed by atoms with Crippen molar-refractivity contribution in [2.75, 3.05) is 18.5 Å². The predicted molar refractivity (Wildman–Crippen MR) is 103 cm³/mol. The molecule has 3 aromatic rings. The van der Waals surface area contributed by atoms with Crippen LogP contribution in [-0.4, -0.2) is 24.8 Å². The Morgan fingerprint density at radius 1 is 1.15 bits per heavy atom. The fraction of sp³-hybridized carbons (Fsp3) is 0.200. The maximum atomic E-state index is 11.9. The van der Waals surface area contributed by atoms with Gasteiger partial charge in [-0.15, -0.1) is 0 Å². The Kier molecular flexibility index (Phi) is 5.53. The summed E-state index contributed by atoms with van der Waals surface area (Å²) in [6.07, 6.45) is 0. The number of furan rings is 1. The molecule has 134 valence electrons. The Morgan fingerprint density at radius 3 is 2.73 bits per heavy atom. The lowest BCUT2D eigenvalue weighted by Gasteiger charge is -2.05. The molecule has 0 unspecified atom stereocenters. The quantitative estimate of drug-likeness (QED) is 0.502. The lowest BCUT2D eigenvalue weighted by atomic mass is 10.2. The molecule has 26 heavy (non-hydrogen) atoms. The van der Waals surface area contributed by atoms with Crippen LogP contribution in [0.1, 0.15) is 19.6 Å². The Bertz CT molecular complexity index is 916. The lowest BCUT2D eigenvalue weighted by Crippen LogP contribution is -2.26. The molecule has 6 heteroatoms. The van der Waals surface area contributed by atoms with Crippen LogP contribution in [0.2, 0.25) is 0 Å². The number of rotatable bonds is 7. The molecule has 2 aromatic carbocycles. The smallest absolute Gasteiger partial charge is 0.259 e. The first-order valence-corrected chi connectivity index (χ1v) is 8.45. The second kappa shape index (κ2) is 8.20. The second-order valence-corrected chi connectivity index (χ2v) is 5.67. The zero-order valence-corrected chi connectivity index (χ0v) is 14.8. The molecule has 0 bridgehead atoms. The number of amides is 1. The van der Waals surface area contributed by atoms with Crippen molar-refractivity contribution in [2.24, 2.45) is 5.10 Å². The summed E-state index contributed by atoms with van der Waals surface area (Å²) in [5.74, 6) is 1.04. The van der Waals surface area contributed by atoms with Gasteiger partial charge >= 0.3 is 0 Å². The molecule has 0 fully saturated rings. The third-order valence-electron chi connectivity index (χ3n) is 3.74. The number of hydrazone groups is 1. The molecule has 0 aliphatic carbocycles. The largest absolute Gasteiger partial charge is 0.490 e. The highest BCUT2D eigenvalue weighted by Crippen LogP contribution is 2.29. The minimum absolute atomic E-state index is 0.134. The lowest BCUT2D eigenvalue weighted by molar-refractivity contribution is -0.119. The van der Waals surface area contributed by atoms with Crippen molar-refractivity contribution in [1.29, 1.82) is 0 Å². The van der Waals surface area contributed by atoms with Crippen LogP contribution in [0, 0.1) is 0 Å². The third-order valence-corrected chi connectivity index (χ3v) is 3.74. The van der Waals surface area contributed by atoms with Crippen molar-refractivity contribution in [2.45, 2.75) is 13.8 Å². The molecule has 1 amide bonds. The SMILES string of the molecule is CCOc1cccc2cc(/C(C)=N\NC(=O)CNc3ccccc3)oc12. The van der Waals surface area contributed by atoms with E-state index in [9.17, 15) is 4.79 Å². The van der Waals surface area contributed by atoms with Crippen LogP contribution in [0.3, 0.4) is 0 Å². The number of ether oxygens (including phenoxy) is 1.